The number of nitriles is 1. The summed E-state index contributed by atoms with van der Waals surface area (Å²) >= 11 is 0. The van der Waals surface area contributed by atoms with Gasteiger partial charge in [-0.1, -0.05) is 6.92 Å². The molecule has 0 heterocycles. The monoisotopic (exact) mass is 204 g/mol. The fourth-order valence-corrected chi connectivity index (χ4v) is 1.54. The van der Waals surface area contributed by atoms with Crippen molar-refractivity contribution in [2.24, 2.45) is 5.73 Å². The summed E-state index contributed by atoms with van der Waals surface area (Å²) in [5, 5.41) is 17.7. The van der Waals surface area contributed by atoms with Gasteiger partial charge in [-0.3, -0.25) is 0 Å². The molecule has 0 aliphatic heterocycles. The molecule has 0 amide bonds. The number of hydrogen-bond acceptors (Lipinski definition) is 3. The predicted molar refractivity (Wildman–Crippen MR) is 55.4 cm³/mol. The molecule has 0 saturated carbocycles. The molecule has 1 rings (SSSR count). The van der Waals surface area contributed by atoms with E-state index in [1.165, 1.54) is 6.07 Å². The normalized spacial score (nSPS) is 9.67. The Morgan fingerprint density at radius 1 is 1.60 bits per heavy atom. The van der Waals surface area contributed by atoms with E-state index in [2.05, 4.69) is 0 Å². The van der Waals surface area contributed by atoms with Crippen molar-refractivity contribution in [3.8, 4) is 6.07 Å². The molecule has 0 atom stereocenters. The van der Waals surface area contributed by atoms with Crippen LogP contribution in [-0.2, 0) is 13.0 Å². The summed E-state index contributed by atoms with van der Waals surface area (Å²) in [6.45, 7) is 2.08. The van der Waals surface area contributed by atoms with Gasteiger partial charge in [-0.15, -0.1) is 0 Å². The van der Waals surface area contributed by atoms with Crippen LogP contribution in [0.2, 0.25) is 0 Å². The van der Waals surface area contributed by atoms with Gasteiger partial charge in [0.05, 0.1) is 17.2 Å². The Hall–Kier alpha value is -1.86. The van der Waals surface area contributed by atoms with Gasteiger partial charge in [-0.2, -0.15) is 5.26 Å². The maximum Gasteiger partial charge on any atom is 0.336 e. The average Bonchev–Trinajstić information content (AvgIpc) is 2.26. The first-order chi connectivity index (χ1) is 7.13. The van der Waals surface area contributed by atoms with Crippen molar-refractivity contribution in [3.63, 3.8) is 0 Å². The zero-order valence-corrected chi connectivity index (χ0v) is 8.45. The Morgan fingerprint density at radius 2 is 2.27 bits per heavy atom. The molecule has 0 saturated heterocycles. The van der Waals surface area contributed by atoms with Crippen molar-refractivity contribution in [1.82, 2.24) is 0 Å². The van der Waals surface area contributed by atoms with Crippen LogP contribution in [0.25, 0.3) is 0 Å². The Kier molecular flexibility index (Phi) is 3.42. The van der Waals surface area contributed by atoms with Crippen LogP contribution >= 0.6 is 0 Å². The molecule has 4 heteroatoms. The molecular weight excluding hydrogens is 192 g/mol. The maximum absolute atomic E-state index is 11.0. The molecule has 0 aliphatic carbocycles. The number of carbonyl (C=O) groups is 1. The smallest absolute Gasteiger partial charge is 0.336 e. The first-order valence-electron chi connectivity index (χ1n) is 4.63. The van der Waals surface area contributed by atoms with Crippen LogP contribution in [0.15, 0.2) is 12.1 Å². The number of carboxylic acids is 1. The first kappa shape index (κ1) is 11.2. The van der Waals surface area contributed by atoms with Gasteiger partial charge in [0, 0.05) is 6.54 Å². The highest BCUT2D eigenvalue weighted by molar-refractivity contribution is 5.90. The van der Waals surface area contributed by atoms with E-state index < -0.39 is 5.97 Å². The number of aromatic carboxylic acids is 1. The zero-order valence-electron chi connectivity index (χ0n) is 8.45. The molecule has 0 aliphatic rings. The Labute approximate surface area is 87.9 Å². The topological polar surface area (TPSA) is 87.1 Å². The fourth-order valence-electron chi connectivity index (χ4n) is 1.54. The van der Waals surface area contributed by atoms with E-state index in [1.807, 2.05) is 13.0 Å². The van der Waals surface area contributed by atoms with E-state index in [1.54, 1.807) is 6.07 Å². The van der Waals surface area contributed by atoms with Crippen molar-refractivity contribution in [3.05, 3.63) is 34.4 Å². The molecule has 0 fully saturated rings. The minimum Gasteiger partial charge on any atom is -0.478 e. The van der Waals surface area contributed by atoms with Gasteiger partial charge < -0.3 is 10.8 Å². The molecule has 4 nitrogen and oxygen atoms in total. The molecule has 3 N–H and O–H groups in total. The van der Waals surface area contributed by atoms with Crippen LogP contribution in [-0.4, -0.2) is 11.1 Å². The lowest BCUT2D eigenvalue weighted by atomic mass is 9.96. The van der Waals surface area contributed by atoms with Crippen molar-refractivity contribution < 1.29 is 9.90 Å². The van der Waals surface area contributed by atoms with Crippen LogP contribution < -0.4 is 5.73 Å². The SMILES string of the molecule is CCc1cc(C#N)cc(C(=O)O)c1CN. The summed E-state index contributed by atoms with van der Waals surface area (Å²) in [6.07, 6.45) is 0.669. The average molecular weight is 204 g/mol. The largest absolute Gasteiger partial charge is 0.478 e. The molecule has 78 valence electrons. The number of nitrogens with zero attached hydrogens (tertiary/aromatic N) is 1. The second kappa shape index (κ2) is 4.58. The van der Waals surface area contributed by atoms with Gasteiger partial charge in [0.15, 0.2) is 0 Å². The van der Waals surface area contributed by atoms with Gasteiger partial charge in [0.2, 0.25) is 0 Å². The molecule has 15 heavy (non-hydrogen) atoms. The van der Waals surface area contributed by atoms with Gasteiger partial charge >= 0.3 is 5.97 Å². The summed E-state index contributed by atoms with van der Waals surface area (Å²) in [7, 11) is 0. The molecule has 1 aromatic rings. The summed E-state index contributed by atoms with van der Waals surface area (Å²) in [5.74, 6) is -1.04. The maximum atomic E-state index is 11.0. The van der Waals surface area contributed by atoms with Crippen molar-refractivity contribution in [2.45, 2.75) is 19.9 Å². The number of aryl methyl sites for hydroxylation is 1. The van der Waals surface area contributed by atoms with Gasteiger partial charge in [-0.05, 0) is 29.7 Å². The third-order valence-corrected chi connectivity index (χ3v) is 2.29. The predicted octanol–water partition coefficient (Wildman–Crippen LogP) is 1.28. The number of nitrogens with two attached hydrogens (primary N) is 1. The standard InChI is InChI=1S/C11H12N2O2/c1-2-8-3-7(5-12)4-9(11(14)15)10(8)6-13/h3-4H,2,6,13H2,1H3,(H,14,15). The summed E-state index contributed by atoms with van der Waals surface area (Å²) in [5.41, 5.74) is 7.45. The third kappa shape index (κ3) is 2.14. The van der Waals surface area contributed by atoms with Gasteiger partial charge in [-0.25, -0.2) is 4.79 Å². The lowest BCUT2D eigenvalue weighted by molar-refractivity contribution is 0.0695. The van der Waals surface area contributed by atoms with Crippen LogP contribution in [0.4, 0.5) is 0 Å². The quantitative estimate of drug-likeness (QED) is 0.776. The van der Waals surface area contributed by atoms with E-state index >= 15 is 0 Å². The van der Waals surface area contributed by atoms with E-state index in [9.17, 15) is 4.79 Å². The lowest BCUT2D eigenvalue weighted by Gasteiger charge is -2.09. The molecule has 1 aromatic carbocycles. The van der Waals surface area contributed by atoms with Crippen molar-refractivity contribution in [2.75, 3.05) is 0 Å². The van der Waals surface area contributed by atoms with Crippen molar-refractivity contribution >= 4 is 5.97 Å². The van der Waals surface area contributed by atoms with Crippen LogP contribution in [0.1, 0.15) is 34.0 Å². The molecule has 0 radical (unpaired) electrons. The van der Waals surface area contributed by atoms with E-state index in [0.717, 1.165) is 5.56 Å². The van der Waals surface area contributed by atoms with E-state index in [4.69, 9.17) is 16.1 Å². The van der Waals surface area contributed by atoms with Gasteiger partial charge in [0.25, 0.3) is 0 Å². The second-order valence-corrected chi connectivity index (χ2v) is 3.14. The zero-order chi connectivity index (χ0) is 11.4. The fraction of sp³-hybridized carbons (Fsp3) is 0.273. The third-order valence-electron chi connectivity index (χ3n) is 2.29. The molecule has 0 bridgehead atoms. The number of carboxylic acid groups (broad SMARTS) is 1. The Balaban J connectivity index is 3.47. The number of benzene rings is 1. The van der Waals surface area contributed by atoms with Crippen molar-refractivity contribution in [1.29, 1.82) is 5.26 Å². The van der Waals surface area contributed by atoms with Crippen LogP contribution in [0, 0.1) is 11.3 Å². The summed E-state index contributed by atoms with van der Waals surface area (Å²) < 4.78 is 0. The van der Waals surface area contributed by atoms with E-state index in [0.29, 0.717) is 17.5 Å². The first-order valence-corrected chi connectivity index (χ1v) is 4.63. The van der Waals surface area contributed by atoms with Gasteiger partial charge in [0.1, 0.15) is 0 Å². The molecule has 0 aromatic heterocycles. The van der Waals surface area contributed by atoms with Crippen LogP contribution in [0.5, 0.6) is 0 Å². The molecule has 0 unspecified atom stereocenters. The molecular formula is C11H12N2O2. The lowest BCUT2D eigenvalue weighted by Crippen LogP contribution is -2.10. The minimum absolute atomic E-state index is 0.133. The molecule has 0 spiro atoms. The highest BCUT2D eigenvalue weighted by Gasteiger charge is 2.13. The highest BCUT2D eigenvalue weighted by Crippen LogP contribution is 2.18. The Bertz CT molecular complexity index is 433. The second-order valence-electron chi connectivity index (χ2n) is 3.14. The number of rotatable bonds is 3. The van der Waals surface area contributed by atoms with E-state index in [-0.39, 0.29) is 12.1 Å². The highest BCUT2D eigenvalue weighted by atomic mass is 16.4. The Morgan fingerprint density at radius 3 is 2.67 bits per heavy atom. The van der Waals surface area contributed by atoms with Crippen LogP contribution in [0.3, 0.4) is 0 Å². The summed E-state index contributed by atoms with van der Waals surface area (Å²) in [4.78, 5) is 11.0. The minimum atomic E-state index is -1.04. The number of hydrogen-bond donors (Lipinski definition) is 2. The summed E-state index contributed by atoms with van der Waals surface area (Å²) in [6, 6.07) is 5.00.